The molecule has 0 amide bonds. The average Bonchev–Trinajstić information content (AvgIpc) is 3.08. The molecule has 0 heterocycles. The molecule has 0 aromatic carbocycles. The Balaban J connectivity index is 1.47. The lowest BCUT2D eigenvalue weighted by molar-refractivity contribution is -0.142. The van der Waals surface area contributed by atoms with E-state index in [9.17, 15) is 4.79 Å². The Morgan fingerprint density at radius 1 is 1.23 bits per heavy atom. The lowest BCUT2D eigenvalue weighted by atomic mass is 9.46. The monoisotopic (exact) mass is 412 g/mol. The Kier molecular flexibility index (Phi) is 6.26. The Bertz CT molecular complexity index is 680. The molecule has 3 saturated carbocycles. The third kappa shape index (κ3) is 3.71. The molecule has 2 nitrogen and oxygen atoms in total. The van der Waals surface area contributed by atoms with Crippen LogP contribution in [-0.2, 0) is 9.53 Å². The van der Waals surface area contributed by atoms with Gasteiger partial charge in [0.1, 0.15) is 6.61 Å². The van der Waals surface area contributed by atoms with E-state index in [1.807, 2.05) is 0 Å². The summed E-state index contributed by atoms with van der Waals surface area (Å²) in [4.78, 5) is 12.0. The number of allylic oxidation sites excluding steroid dienone is 2. The zero-order chi connectivity index (χ0) is 21.5. The van der Waals surface area contributed by atoms with Crippen LogP contribution in [0.1, 0.15) is 85.5 Å². The first-order valence-corrected chi connectivity index (χ1v) is 12.8. The van der Waals surface area contributed by atoms with E-state index in [0.717, 1.165) is 36.0 Å². The standard InChI is InChI=1S/C28H44O2/c1-6-17-30-26(29)12-7-20(3)23-10-11-24-22-9-8-21-18-19(2)13-15-27(21,4)25(22)14-16-28(23,24)5/h6,14,16,19-25H,1,7-13,15,17-18H2,2-5H3/t19-,20-,21-,22+,23?,24+,25+,27+,28-/m1/s1. The molecule has 0 spiro atoms. The van der Waals surface area contributed by atoms with Crippen molar-refractivity contribution in [3.05, 3.63) is 24.8 Å². The largest absolute Gasteiger partial charge is 0.461 e. The summed E-state index contributed by atoms with van der Waals surface area (Å²) in [5.41, 5.74) is 0.850. The van der Waals surface area contributed by atoms with E-state index in [4.69, 9.17) is 4.74 Å². The van der Waals surface area contributed by atoms with E-state index >= 15 is 0 Å². The predicted octanol–water partition coefficient (Wildman–Crippen LogP) is 7.20. The van der Waals surface area contributed by atoms with Gasteiger partial charge < -0.3 is 4.74 Å². The Labute approximate surface area is 184 Å². The fourth-order valence-corrected chi connectivity index (χ4v) is 8.55. The summed E-state index contributed by atoms with van der Waals surface area (Å²) in [6.45, 7) is 14.0. The van der Waals surface area contributed by atoms with Gasteiger partial charge in [-0.3, -0.25) is 4.79 Å². The fourth-order valence-electron chi connectivity index (χ4n) is 8.55. The van der Waals surface area contributed by atoms with E-state index < -0.39 is 0 Å². The van der Waals surface area contributed by atoms with Gasteiger partial charge in [-0.2, -0.15) is 0 Å². The fraction of sp³-hybridized carbons (Fsp3) is 0.821. The average molecular weight is 413 g/mol. The Morgan fingerprint density at radius 3 is 2.80 bits per heavy atom. The molecular weight excluding hydrogens is 368 g/mol. The molecule has 4 aliphatic rings. The molecular formula is C28H44O2. The molecule has 3 fully saturated rings. The van der Waals surface area contributed by atoms with Gasteiger partial charge in [-0.1, -0.05) is 58.9 Å². The lowest BCUT2D eigenvalue weighted by Gasteiger charge is -2.59. The highest BCUT2D eigenvalue weighted by Gasteiger charge is 2.58. The molecule has 4 rings (SSSR count). The zero-order valence-electron chi connectivity index (χ0n) is 19.9. The molecule has 2 heteroatoms. The first-order valence-electron chi connectivity index (χ1n) is 12.8. The van der Waals surface area contributed by atoms with Gasteiger partial charge in [-0.15, -0.1) is 0 Å². The molecule has 0 aromatic heterocycles. The SMILES string of the molecule is C=CCOC(=O)CC[C@@H](C)C1CC[C@H]2[C@@H]3CC[C@@H]4C[C@H](C)CC[C@]4(C)[C@H]3C=C[C@]12C. The maximum absolute atomic E-state index is 12.0. The van der Waals surface area contributed by atoms with Crippen molar-refractivity contribution in [1.82, 2.24) is 0 Å². The Morgan fingerprint density at radius 2 is 2.03 bits per heavy atom. The number of hydrogen-bond donors (Lipinski definition) is 0. The van der Waals surface area contributed by atoms with Crippen molar-refractivity contribution < 1.29 is 9.53 Å². The maximum atomic E-state index is 12.0. The van der Waals surface area contributed by atoms with Crippen LogP contribution in [0.5, 0.6) is 0 Å². The molecule has 1 unspecified atom stereocenters. The van der Waals surface area contributed by atoms with Crippen molar-refractivity contribution in [2.24, 2.45) is 52.3 Å². The molecule has 0 radical (unpaired) electrons. The molecule has 30 heavy (non-hydrogen) atoms. The van der Waals surface area contributed by atoms with Crippen molar-refractivity contribution >= 4 is 5.97 Å². The minimum atomic E-state index is -0.0709. The molecule has 9 atom stereocenters. The third-order valence-electron chi connectivity index (χ3n) is 10.3. The lowest BCUT2D eigenvalue weighted by Crippen LogP contribution is -2.51. The number of rotatable bonds is 6. The highest BCUT2D eigenvalue weighted by Crippen LogP contribution is 2.66. The summed E-state index contributed by atoms with van der Waals surface area (Å²) in [5.74, 6) is 5.57. The van der Waals surface area contributed by atoms with Gasteiger partial charge in [0, 0.05) is 6.42 Å². The molecule has 0 aromatic rings. The van der Waals surface area contributed by atoms with E-state index in [0.29, 0.717) is 35.7 Å². The van der Waals surface area contributed by atoms with Crippen LogP contribution >= 0.6 is 0 Å². The second-order valence-corrected chi connectivity index (χ2v) is 11.9. The smallest absolute Gasteiger partial charge is 0.306 e. The summed E-state index contributed by atoms with van der Waals surface area (Å²) < 4.78 is 5.20. The summed E-state index contributed by atoms with van der Waals surface area (Å²) in [7, 11) is 0. The molecule has 0 bridgehead atoms. The summed E-state index contributed by atoms with van der Waals surface area (Å²) >= 11 is 0. The number of fused-ring (bicyclic) bond motifs is 5. The summed E-state index contributed by atoms with van der Waals surface area (Å²) in [5, 5.41) is 0. The Hall–Kier alpha value is -1.05. The van der Waals surface area contributed by atoms with E-state index in [-0.39, 0.29) is 5.97 Å². The third-order valence-corrected chi connectivity index (χ3v) is 10.3. The van der Waals surface area contributed by atoms with Gasteiger partial charge in [0.15, 0.2) is 0 Å². The van der Waals surface area contributed by atoms with Crippen LogP contribution in [0.3, 0.4) is 0 Å². The molecule has 168 valence electrons. The summed E-state index contributed by atoms with van der Waals surface area (Å²) in [6.07, 6.45) is 18.4. The number of carbonyl (C=O) groups excluding carboxylic acids is 1. The van der Waals surface area contributed by atoms with Crippen LogP contribution in [0.15, 0.2) is 24.8 Å². The van der Waals surface area contributed by atoms with Gasteiger partial charge in [-0.05, 0) is 97.2 Å². The van der Waals surface area contributed by atoms with Gasteiger partial charge in [-0.25, -0.2) is 0 Å². The van der Waals surface area contributed by atoms with E-state index in [1.54, 1.807) is 6.08 Å². The van der Waals surface area contributed by atoms with Crippen LogP contribution in [0.2, 0.25) is 0 Å². The highest BCUT2D eigenvalue weighted by atomic mass is 16.5. The number of ether oxygens (including phenoxy) is 1. The molecule has 4 aliphatic carbocycles. The van der Waals surface area contributed by atoms with Gasteiger partial charge >= 0.3 is 5.97 Å². The minimum absolute atomic E-state index is 0.0709. The topological polar surface area (TPSA) is 26.3 Å². The first-order chi connectivity index (χ1) is 14.3. The second kappa shape index (κ2) is 8.47. The van der Waals surface area contributed by atoms with Crippen molar-refractivity contribution in [3.8, 4) is 0 Å². The van der Waals surface area contributed by atoms with Crippen LogP contribution < -0.4 is 0 Å². The normalized spacial score (nSPS) is 45.7. The van der Waals surface area contributed by atoms with Crippen molar-refractivity contribution in [3.63, 3.8) is 0 Å². The maximum Gasteiger partial charge on any atom is 0.306 e. The van der Waals surface area contributed by atoms with Gasteiger partial charge in [0.25, 0.3) is 0 Å². The molecule has 0 N–H and O–H groups in total. The number of hydrogen-bond acceptors (Lipinski definition) is 2. The van der Waals surface area contributed by atoms with Crippen LogP contribution in [0, 0.1) is 52.3 Å². The van der Waals surface area contributed by atoms with Crippen molar-refractivity contribution in [2.45, 2.75) is 85.5 Å². The molecule has 0 aliphatic heterocycles. The molecule has 0 saturated heterocycles. The quantitative estimate of drug-likeness (QED) is 0.340. The van der Waals surface area contributed by atoms with E-state index in [2.05, 4.69) is 46.4 Å². The predicted molar refractivity (Wildman–Crippen MR) is 124 cm³/mol. The van der Waals surface area contributed by atoms with E-state index in [1.165, 1.54) is 44.9 Å². The zero-order valence-corrected chi connectivity index (χ0v) is 19.9. The van der Waals surface area contributed by atoms with Crippen LogP contribution in [0.25, 0.3) is 0 Å². The van der Waals surface area contributed by atoms with Crippen molar-refractivity contribution in [1.29, 1.82) is 0 Å². The van der Waals surface area contributed by atoms with Crippen LogP contribution in [0.4, 0.5) is 0 Å². The van der Waals surface area contributed by atoms with Gasteiger partial charge in [0.2, 0.25) is 0 Å². The summed E-state index contributed by atoms with van der Waals surface area (Å²) in [6, 6.07) is 0. The number of esters is 1. The first kappa shape index (κ1) is 22.2. The van der Waals surface area contributed by atoms with Gasteiger partial charge in [0.05, 0.1) is 0 Å². The van der Waals surface area contributed by atoms with Crippen LogP contribution in [-0.4, -0.2) is 12.6 Å². The highest BCUT2D eigenvalue weighted by molar-refractivity contribution is 5.69. The van der Waals surface area contributed by atoms with Crippen molar-refractivity contribution in [2.75, 3.05) is 6.61 Å². The second-order valence-electron chi connectivity index (χ2n) is 11.9. The number of carbonyl (C=O) groups is 1. The minimum Gasteiger partial charge on any atom is -0.461 e.